The maximum absolute atomic E-state index is 12.5. The molecule has 0 aliphatic rings. The number of methoxy groups -OCH3 is 1. The predicted molar refractivity (Wildman–Crippen MR) is 109 cm³/mol. The first kappa shape index (κ1) is 20.2. The fraction of sp³-hybridized carbons (Fsp3) is 0.238. The number of nitro benzene ring substituents is 1. The van der Waals surface area contributed by atoms with Gasteiger partial charge in [-0.25, -0.2) is 4.68 Å². The van der Waals surface area contributed by atoms with Crippen LogP contribution in [0, 0.1) is 10.1 Å². The second-order valence-corrected chi connectivity index (χ2v) is 6.69. The summed E-state index contributed by atoms with van der Waals surface area (Å²) in [5.41, 5.74) is 2.90. The molecular weight excluding hydrogens is 372 g/mol. The molecule has 0 spiro atoms. The molecule has 0 bridgehead atoms. The molecule has 1 unspecified atom stereocenters. The highest BCUT2D eigenvalue weighted by Gasteiger charge is 2.17. The molecule has 0 aliphatic heterocycles. The van der Waals surface area contributed by atoms with Crippen LogP contribution in [0.5, 0.6) is 0 Å². The van der Waals surface area contributed by atoms with Crippen LogP contribution in [0.25, 0.3) is 16.9 Å². The molecule has 1 atom stereocenters. The number of amides is 1. The van der Waals surface area contributed by atoms with E-state index < -0.39 is 4.92 Å². The Kier molecular flexibility index (Phi) is 6.36. The lowest BCUT2D eigenvalue weighted by Crippen LogP contribution is -2.36. The summed E-state index contributed by atoms with van der Waals surface area (Å²) >= 11 is 0. The van der Waals surface area contributed by atoms with Gasteiger partial charge >= 0.3 is 0 Å². The topological polar surface area (TPSA) is 99.3 Å². The molecule has 1 heterocycles. The van der Waals surface area contributed by atoms with Crippen LogP contribution < -0.4 is 5.32 Å². The highest BCUT2D eigenvalue weighted by atomic mass is 16.6. The van der Waals surface area contributed by atoms with Crippen LogP contribution in [-0.4, -0.2) is 40.4 Å². The molecule has 2 aromatic carbocycles. The lowest BCUT2D eigenvalue weighted by atomic mass is 10.1. The lowest BCUT2D eigenvalue weighted by Gasteiger charge is -2.12. The van der Waals surface area contributed by atoms with Crippen LogP contribution in [0.1, 0.15) is 12.5 Å². The van der Waals surface area contributed by atoms with Crippen molar-refractivity contribution in [1.29, 1.82) is 0 Å². The molecule has 1 N–H and O–H groups in total. The van der Waals surface area contributed by atoms with Gasteiger partial charge in [-0.3, -0.25) is 14.9 Å². The number of nitrogens with one attached hydrogen (secondary N) is 1. The number of non-ortho nitro benzene ring substituents is 1. The van der Waals surface area contributed by atoms with Crippen molar-refractivity contribution in [2.24, 2.45) is 0 Å². The van der Waals surface area contributed by atoms with E-state index >= 15 is 0 Å². The Morgan fingerprint density at radius 3 is 2.52 bits per heavy atom. The third-order valence-electron chi connectivity index (χ3n) is 4.34. The van der Waals surface area contributed by atoms with E-state index in [9.17, 15) is 14.9 Å². The Labute approximate surface area is 168 Å². The molecule has 150 valence electrons. The molecule has 8 nitrogen and oxygen atoms in total. The van der Waals surface area contributed by atoms with Crippen LogP contribution in [0.3, 0.4) is 0 Å². The van der Waals surface area contributed by atoms with Gasteiger partial charge in [0.05, 0.1) is 29.3 Å². The quantitative estimate of drug-likeness (QED) is 0.467. The van der Waals surface area contributed by atoms with Gasteiger partial charge in [0.1, 0.15) is 0 Å². The number of hydrogen-bond donors (Lipinski definition) is 1. The summed E-state index contributed by atoms with van der Waals surface area (Å²) in [6, 6.07) is 15.6. The maximum Gasteiger partial charge on any atom is 0.269 e. The number of benzene rings is 2. The summed E-state index contributed by atoms with van der Waals surface area (Å²) in [4.78, 5) is 23.0. The minimum absolute atomic E-state index is 0.00363. The zero-order valence-electron chi connectivity index (χ0n) is 16.2. The number of nitro groups is 1. The molecule has 29 heavy (non-hydrogen) atoms. The molecule has 0 radical (unpaired) electrons. The molecule has 3 aromatic rings. The number of nitrogens with zero attached hydrogens (tertiary/aromatic N) is 3. The van der Waals surface area contributed by atoms with Crippen molar-refractivity contribution in [3.05, 3.63) is 76.5 Å². The third-order valence-corrected chi connectivity index (χ3v) is 4.34. The number of aromatic nitrogens is 2. The van der Waals surface area contributed by atoms with Crippen LogP contribution in [0.2, 0.25) is 0 Å². The highest BCUT2D eigenvalue weighted by Crippen LogP contribution is 2.26. The summed E-state index contributed by atoms with van der Waals surface area (Å²) in [6.45, 7) is 2.29. The van der Waals surface area contributed by atoms with Crippen molar-refractivity contribution < 1.29 is 14.5 Å². The number of carbonyl (C=O) groups excluding carboxylic acids is 1. The normalized spacial score (nSPS) is 11.8. The van der Waals surface area contributed by atoms with E-state index in [1.54, 1.807) is 23.9 Å². The standard InChI is InChI=1S/C21H22N4O4/c1-15(14-29-2)22-20(26)12-17-13-24(18-6-4-3-5-7-18)23-21(17)16-8-10-19(11-9-16)25(27)28/h3-11,13,15H,12,14H2,1-2H3,(H,22,26). The Balaban J connectivity index is 1.93. The van der Waals surface area contributed by atoms with E-state index in [1.807, 2.05) is 43.5 Å². The molecule has 0 saturated carbocycles. The Morgan fingerprint density at radius 2 is 1.90 bits per heavy atom. The molecule has 1 aromatic heterocycles. The van der Waals surface area contributed by atoms with Gasteiger partial charge in [-0.05, 0) is 31.2 Å². The minimum atomic E-state index is -0.447. The Bertz CT molecular complexity index is 984. The fourth-order valence-electron chi connectivity index (χ4n) is 3.03. The first-order chi connectivity index (χ1) is 14.0. The second kappa shape index (κ2) is 9.11. The monoisotopic (exact) mass is 394 g/mol. The molecule has 3 rings (SSSR count). The van der Waals surface area contributed by atoms with E-state index in [-0.39, 0.29) is 24.1 Å². The van der Waals surface area contributed by atoms with Crippen molar-refractivity contribution in [2.75, 3.05) is 13.7 Å². The molecular formula is C21H22N4O4. The SMILES string of the molecule is COCC(C)NC(=O)Cc1cn(-c2ccccc2)nc1-c1ccc([N+](=O)[O-])cc1. The molecule has 8 heteroatoms. The van der Waals surface area contributed by atoms with Crippen molar-refractivity contribution in [2.45, 2.75) is 19.4 Å². The summed E-state index contributed by atoms with van der Waals surface area (Å²) < 4.78 is 6.76. The summed E-state index contributed by atoms with van der Waals surface area (Å²) in [5.74, 6) is -0.148. The largest absolute Gasteiger partial charge is 0.383 e. The molecule has 0 aliphatic carbocycles. The van der Waals surface area contributed by atoms with Crippen LogP contribution >= 0.6 is 0 Å². The zero-order chi connectivity index (χ0) is 20.8. The van der Waals surface area contributed by atoms with Gasteiger partial charge in [0.25, 0.3) is 5.69 Å². The minimum Gasteiger partial charge on any atom is -0.383 e. The Morgan fingerprint density at radius 1 is 1.21 bits per heavy atom. The third kappa shape index (κ3) is 5.05. The summed E-state index contributed by atoms with van der Waals surface area (Å²) in [7, 11) is 1.58. The van der Waals surface area contributed by atoms with Crippen LogP contribution in [0.15, 0.2) is 60.8 Å². The zero-order valence-corrected chi connectivity index (χ0v) is 16.2. The fourth-order valence-corrected chi connectivity index (χ4v) is 3.03. The first-order valence-corrected chi connectivity index (χ1v) is 9.15. The summed E-state index contributed by atoms with van der Waals surface area (Å²) in [5, 5.41) is 18.5. The lowest BCUT2D eigenvalue weighted by molar-refractivity contribution is -0.384. The Hall–Kier alpha value is -3.52. The number of carbonyl (C=O) groups is 1. The average molecular weight is 394 g/mol. The van der Waals surface area contributed by atoms with E-state index in [0.29, 0.717) is 17.9 Å². The first-order valence-electron chi connectivity index (χ1n) is 9.15. The summed E-state index contributed by atoms with van der Waals surface area (Å²) in [6.07, 6.45) is 1.94. The molecule has 0 fully saturated rings. The van der Waals surface area contributed by atoms with Crippen molar-refractivity contribution in [1.82, 2.24) is 15.1 Å². The molecule has 1 amide bonds. The van der Waals surface area contributed by atoms with Crippen molar-refractivity contribution in [3.63, 3.8) is 0 Å². The van der Waals surface area contributed by atoms with E-state index in [4.69, 9.17) is 4.74 Å². The van der Waals surface area contributed by atoms with Gasteiger partial charge in [0.2, 0.25) is 5.91 Å². The number of ether oxygens (including phenoxy) is 1. The number of hydrogen-bond acceptors (Lipinski definition) is 5. The van der Waals surface area contributed by atoms with Gasteiger partial charge in [0, 0.05) is 42.6 Å². The average Bonchev–Trinajstić information content (AvgIpc) is 3.12. The van der Waals surface area contributed by atoms with Gasteiger partial charge < -0.3 is 10.1 Å². The van der Waals surface area contributed by atoms with Gasteiger partial charge in [0.15, 0.2) is 0 Å². The van der Waals surface area contributed by atoms with Gasteiger partial charge in [-0.2, -0.15) is 5.10 Å². The number of rotatable bonds is 8. The van der Waals surface area contributed by atoms with Crippen molar-refractivity contribution in [3.8, 4) is 16.9 Å². The van der Waals surface area contributed by atoms with Crippen LogP contribution in [-0.2, 0) is 16.0 Å². The van der Waals surface area contributed by atoms with Crippen LogP contribution in [0.4, 0.5) is 5.69 Å². The molecule has 0 saturated heterocycles. The van der Waals surface area contributed by atoms with E-state index in [2.05, 4.69) is 10.4 Å². The van der Waals surface area contributed by atoms with E-state index in [1.165, 1.54) is 12.1 Å². The highest BCUT2D eigenvalue weighted by molar-refractivity contribution is 5.81. The van der Waals surface area contributed by atoms with Gasteiger partial charge in [-0.1, -0.05) is 18.2 Å². The predicted octanol–water partition coefficient (Wildman–Crippen LogP) is 3.14. The number of para-hydroxylation sites is 1. The smallest absolute Gasteiger partial charge is 0.269 e. The van der Waals surface area contributed by atoms with Gasteiger partial charge in [-0.15, -0.1) is 0 Å². The van der Waals surface area contributed by atoms with Crippen molar-refractivity contribution >= 4 is 11.6 Å². The van der Waals surface area contributed by atoms with E-state index in [0.717, 1.165) is 11.3 Å². The maximum atomic E-state index is 12.5. The second-order valence-electron chi connectivity index (χ2n) is 6.69.